The third-order valence-corrected chi connectivity index (χ3v) is 2.43. The van der Waals surface area contributed by atoms with Gasteiger partial charge in [0.15, 0.2) is 0 Å². The summed E-state index contributed by atoms with van der Waals surface area (Å²) >= 11 is 5.65. The Morgan fingerprint density at radius 3 is 2.94 bits per heavy atom. The molecule has 0 radical (unpaired) electrons. The summed E-state index contributed by atoms with van der Waals surface area (Å²) in [5.74, 6) is -0.373. The Morgan fingerprint density at radius 2 is 2.31 bits per heavy atom. The predicted molar refractivity (Wildman–Crippen MR) is 59.7 cm³/mol. The van der Waals surface area contributed by atoms with E-state index in [0.717, 1.165) is 5.69 Å². The molecule has 1 heterocycles. The molecule has 6 heteroatoms. The molecule has 1 N–H and O–H groups in total. The molecule has 0 aliphatic heterocycles. The minimum atomic E-state index is -0.373. The molecule has 1 aromatic heterocycles. The molecular weight excluding hydrogens is 231 g/mol. The van der Waals surface area contributed by atoms with Crippen LogP contribution in [0.15, 0.2) is 24.4 Å². The van der Waals surface area contributed by atoms with E-state index in [0.29, 0.717) is 17.3 Å². The number of hydrogen-bond donors (Lipinski definition) is 1. The second kappa shape index (κ2) is 4.49. The zero-order chi connectivity index (χ0) is 11.5. The highest BCUT2D eigenvalue weighted by molar-refractivity contribution is 6.30. The van der Waals surface area contributed by atoms with Crippen molar-refractivity contribution in [2.24, 2.45) is 7.05 Å². The molecule has 0 aliphatic carbocycles. The summed E-state index contributed by atoms with van der Waals surface area (Å²) < 4.78 is 15.0. The highest BCUT2D eigenvalue weighted by atomic mass is 35.5. The van der Waals surface area contributed by atoms with Gasteiger partial charge >= 0.3 is 0 Å². The lowest BCUT2D eigenvalue weighted by Gasteiger charge is -2.07. The first kappa shape index (κ1) is 10.9. The number of anilines is 1. The van der Waals surface area contributed by atoms with E-state index in [1.54, 1.807) is 30.1 Å². The maximum Gasteiger partial charge on any atom is 0.147 e. The fourth-order valence-electron chi connectivity index (χ4n) is 1.29. The first-order valence-electron chi connectivity index (χ1n) is 4.69. The minimum Gasteiger partial charge on any atom is -0.377 e. The first-order chi connectivity index (χ1) is 7.66. The SMILES string of the molecule is Cn1nncc1CNc1ccc(Cl)cc1F. The normalized spacial score (nSPS) is 10.4. The fourth-order valence-corrected chi connectivity index (χ4v) is 1.45. The minimum absolute atomic E-state index is 0.373. The second-order valence-electron chi connectivity index (χ2n) is 3.33. The largest absolute Gasteiger partial charge is 0.377 e. The van der Waals surface area contributed by atoms with Gasteiger partial charge in [0.05, 0.1) is 24.1 Å². The van der Waals surface area contributed by atoms with Crippen molar-refractivity contribution in [3.05, 3.63) is 40.9 Å². The molecule has 4 nitrogen and oxygen atoms in total. The lowest BCUT2D eigenvalue weighted by atomic mass is 10.3. The highest BCUT2D eigenvalue weighted by Gasteiger charge is 2.04. The van der Waals surface area contributed by atoms with Crippen molar-refractivity contribution >= 4 is 17.3 Å². The van der Waals surface area contributed by atoms with Crippen LogP contribution in [0.1, 0.15) is 5.69 Å². The summed E-state index contributed by atoms with van der Waals surface area (Å²) in [5, 5.41) is 10.8. The van der Waals surface area contributed by atoms with Crippen molar-refractivity contribution in [3.8, 4) is 0 Å². The van der Waals surface area contributed by atoms with Gasteiger partial charge in [-0.2, -0.15) is 0 Å². The Bertz CT molecular complexity index is 497. The molecule has 0 atom stereocenters. The third-order valence-electron chi connectivity index (χ3n) is 2.20. The van der Waals surface area contributed by atoms with Crippen LogP contribution in [0.3, 0.4) is 0 Å². The Morgan fingerprint density at radius 1 is 1.50 bits per heavy atom. The molecule has 84 valence electrons. The highest BCUT2D eigenvalue weighted by Crippen LogP contribution is 2.19. The number of aromatic nitrogens is 3. The van der Waals surface area contributed by atoms with Crippen LogP contribution in [-0.4, -0.2) is 15.0 Å². The summed E-state index contributed by atoms with van der Waals surface area (Å²) in [6.07, 6.45) is 1.63. The van der Waals surface area contributed by atoms with Crippen molar-refractivity contribution < 1.29 is 4.39 Å². The molecule has 2 aromatic rings. The summed E-state index contributed by atoms with van der Waals surface area (Å²) in [5.41, 5.74) is 1.28. The van der Waals surface area contributed by atoms with Gasteiger partial charge in [-0.25, -0.2) is 4.39 Å². The zero-order valence-electron chi connectivity index (χ0n) is 8.61. The monoisotopic (exact) mass is 240 g/mol. The van der Waals surface area contributed by atoms with E-state index in [1.807, 2.05) is 0 Å². The number of nitrogens with zero attached hydrogens (tertiary/aromatic N) is 3. The molecule has 0 saturated carbocycles. The number of hydrogen-bond acceptors (Lipinski definition) is 3. The van der Waals surface area contributed by atoms with E-state index in [2.05, 4.69) is 15.6 Å². The van der Waals surface area contributed by atoms with E-state index in [4.69, 9.17) is 11.6 Å². The van der Waals surface area contributed by atoms with E-state index >= 15 is 0 Å². The fraction of sp³-hybridized carbons (Fsp3) is 0.200. The lowest BCUT2D eigenvalue weighted by Crippen LogP contribution is -2.06. The number of nitrogens with one attached hydrogen (secondary N) is 1. The Hall–Kier alpha value is -1.62. The Labute approximate surface area is 97.0 Å². The van der Waals surface area contributed by atoms with Crippen molar-refractivity contribution in [1.82, 2.24) is 15.0 Å². The van der Waals surface area contributed by atoms with Crippen LogP contribution in [-0.2, 0) is 13.6 Å². The van der Waals surface area contributed by atoms with E-state index in [9.17, 15) is 4.39 Å². The van der Waals surface area contributed by atoms with Crippen LogP contribution in [0.2, 0.25) is 5.02 Å². The van der Waals surface area contributed by atoms with Crippen molar-refractivity contribution in [3.63, 3.8) is 0 Å². The standard InChI is InChI=1S/C10H10ClFN4/c1-16-8(6-14-15-16)5-13-10-3-2-7(11)4-9(10)12/h2-4,6,13H,5H2,1H3. The van der Waals surface area contributed by atoms with Crippen LogP contribution in [0.5, 0.6) is 0 Å². The number of halogens is 2. The second-order valence-corrected chi connectivity index (χ2v) is 3.76. The van der Waals surface area contributed by atoms with Gasteiger partial charge in [-0.1, -0.05) is 16.8 Å². The molecule has 0 saturated heterocycles. The van der Waals surface area contributed by atoms with Crippen molar-refractivity contribution in [1.29, 1.82) is 0 Å². The molecule has 0 amide bonds. The van der Waals surface area contributed by atoms with Crippen LogP contribution >= 0.6 is 11.6 Å². The lowest BCUT2D eigenvalue weighted by molar-refractivity contribution is 0.628. The van der Waals surface area contributed by atoms with Crippen LogP contribution in [0.25, 0.3) is 0 Å². The van der Waals surface area contributed by atoms with Gasteiger partial charge in [-0.3, -0.25) is 4.68 Å². The smallest absolute Gasteiger partial charge is 0.147 e. The Kier molecular flexibility index (Phi) is 3.05. The van der Waals surface area contributed by atoms with Crippen LogP contribution in [0, 0.1) is 5.82 Å². The molecule has 0 spiro atoms. The van der Waals surface area contributed by atoms with Gasteiger partial charge in [-0.05, 0) is 18.2 Å². The van der Waals surface area contributed by atoms with Gasteiger partial charge in [0, 0.05) is 12.1 Å². The molecular formula is C10H10ClFN4. The summed E-state index contributed by atoms with van der Waals surface area (Å²) in [7, 11) is 1.78. The maximum atomic E-state index is 13.4. The number of rotatable bonds is 3. The van der Waals surface area contributed by atoms with E-state index in [-0.39, 0.29) is 5.82 Å². The van der Waals surface area contributed by atoms with Gasteiger partial charge < -0.3 is 5.32 Å². The number of benzene rings is 1. The van der Waals surface area contributed by atoms with Crippen molar-refractivity contribution in [2.75, 3.05) is 5.32 Å². The molecule has 16 heavy (non-hydrogen) atoms. The topological polar surface area (TPSA) is 42.7 Å². The Balaban J connectivity index is 2.08. The maximum absolute atomic E-state index is 13.4. The van der Waals surface area contributed by atoms with Gasteiger partial charge in [0.1, 0.15) is 5.82 Å². The summed E-state index contributed by atoms with van der Waals surface area (Å²) in [4.78, 5) is 0. The average molecular weight is 241 g/mol. The van der Waals surface area contributed by atoms with Crippen LogP contribution in [0.4, 0.5) is 10.1 Å². The van der Waals surface area contributed by atoms with Gasteiger partial charge in [-0.15, -0.1) is 5.10 Å². The summed E-state index contributed by atoms with van der Waals surface area (Å²) in [6.45, 7) is 0.460. The third kappa shape index (κ3) is 2.30. The number of aryl methyl sites for hydroxylation is 1. The molecule has 0 bridgehead atoms. The molecule has 0 aliphatic rings. The predicted octanol–water partition coefficient (Wildman–Crippen LogP) is 2.22. The molecule has 2 rings (SSSR count). The quantitative estimate of drug-likeness (QED) is 0.895. The van der Waals surface area contributed by atoms with Gasteiger partial charge in [0.25, 0.3) is 0 Å². The summed E-state index contributed by atoms with van der Waals surface area (Å²) in [6, 6.07) is 4.50. The van der Waals surface area contributed by atoms with Crippen LogP contribution < -0.4 is 5.32 Å². The van der Waals surface area contributed by atoms with E-state index < -0.39 is 0 Å². The van der Waals surface area contributed by atoms with Crippen molar-refractivity contribution in [2.45, 2.75) is 6.54 Å². The zero-order valence-corrected chi connectivity index (χ0v) is 9.37. The first-order valence-corrected chi connectivity index (χ1v) is 5.07. The van der Waals surface area contributed by atoms with E-state index in [1.165, 1.54) is 6.07 Å². The van der Waals surface area contributed by atoms with Gasteiger partial charge in [0.2, 0.25) is 0 Å². The molecule has 0 unspecified atom stereocenters. The molecule has 0 fully saturated rings. The average Bonchev–Trinajstić information content (AvgIpc) is 2.63. The molecule has 1 aromatic carbocycles.